The number of nitrogens with one attached hydrogen (secondary N) is 1. The minimum Gasteiger partial charge on any atom is -0.493 e. The van der Waals surface area contributed by atoms with Crippen LogP contribution in [0, 0.1) is 5.41 Å². The SMILES string of the molecule is CCC(C)(CCOc1ccccc1OC)CNC. The highest BCUT2D eigenvalue weighted by Crippen LogP contribution is 2.28. The lowest BCUT2D eigenvalue weighted by atomic mass is 9.84. The molecule has 0 radical (unpaired) electrons. The maximum atomic E-state index is 5.82. The second-order valence-corrected chi connectivity index (χ2v) is 4.94. The van der Waals surface area contributed by atoms with E-state index in [1.54, 1.807) is 7.11 Å². The molecule has 102 valence electrons. The van der Waals surface area contributed by atoms with Crippen LogP contribution in [0.3, 0.4) is 0 Å². The van der Waals surface area contributed by atoms with Crippen LogP contribution in [0.2, 0.25) is 0 Å². The molecule has 18 heavy (non-hydrogen) atoms. The van der Waals surface area contributed by atoms with Crippen LogP contribution in [0.25, 0.3) is 0 Å². The van der Waals surface area contributed by atoms with Gasteiger partial charge in [0.25, 0.3) is 0 Å². The van der Waals surface area contributed by atoms with Crippen LogP contribution >= 0.6 is 0 Å². The van der Waals surface area contributed by atoms with Gasteiger partial charge in [-0.05, 0) is 37.4 Å². The minimum atomic E-state index is 0.288. The fourth-order valence-electron chi connectivity index (χ4n) is 1.96. The molecule has 3 nitrogen and oxygen atoms in total. The van der Waals surface area contributed by atoms with Crippen molar-refractivity contribution in [3.63, 3.8) is 0 Å². The zero-order valence-electron chi connectivity index (χ0n) is 12.0. The van der Waals surface area contributed by atoms with Gasteiger partial charge < -0.3 is 14.8 Å². The highest BCUT2D eigenvalue weighted by molar-refractivity contribution is 5.39. The van der Waals surface area contributed by atoms with Gasteiger partial charge in [0.1, 0.15) is 0 Å². The lowest BCUT2D eigenvalue weighted by molar-refractivity contribution is 0.198. The Morgan fingerprint density at radius 1 is 1.22 bits per heavy atom. The van der Waals surface area contributed by atoms with E-state index in [4.69, 9.17) is 9.47 Å². The molecular weight excluding hydrogens is 226 g/mol. The summed E-state index contributed by atoms with van der Waals surface area (Å²) >= 11 is 0. The zero-order chi connectivity index (χ0) is 13.4. The molecule has 0 heterocycles. The Labute approximate surface area is 110 Å². The summed E-state index contributed by atoms with van der Waals surface area (Å²) in [5.41, 5.74) is 0.288. The molecule has 0 fully saturated rings. The Hall–Kier alpha value is -1.22. The van der Waals surface area contributed by atoms with Crippen molar-refractivity contribution >= 4 is 0 Å². The first kappa shape index (κ1) is 14.8. The third-order valence-electron chi connectivity index (χ3n) is 3.49. The molecule has 1 N–H and O–H groups in total. The monoisotopic (exact) mass is 251 g/mol. The Morgan fingerprint density at radius 2 is 1.89 bits per heavy atom. The second kappa shape index (κ2) is 7.27. The number of benzene rings is 1. The van der Waals surface area contributed by atoms with Gasteiger partial charge in [-0.25, -0.2) is 0 Å². The van der Waals surface area contributed by atoms with Gasteiger partial charge in [0.05, 0.1) is 13.7 Å². The fraction of sp³-hybridized carbons (Fsp3) is 0.600. The van der Waals surface area contributed by atoms with Crippen molar-refractivity contribution in [1.82, 2.24) is 5.32 Å². The highest BCUT2D eigenvalue weighted by atomic mass is 16.5. The molecule has 0 aromatic heterocycles. The van der Waals surface area contributed by atoms with E-state index in [9.17, 15) is 0 Å². The van der Waals surface area contributed by atoms with Gasteiger partial charge in [0.15, 0.2) is 11.5 Å². The van der Waals surface area contributed by atoms with Crippen LogP contribution in [0.1, 0.15) is 26.7 Å². The number of rotatable bonds is 8. The van der Waals surface area contributed by atoms with Gasteiger partial charge >= 0.3 is 0 Å². The topological polar surface area (TPSA) is 30.5 Å². The number of para-hydroxylation sites is 2. The molecule has 1 rings (SSSR count). The van der Waals surface area contributed by atoms with E-state index in [2.05, 4.69) is 19.2 Å². The van der Waals surface area contributed by atoms with Crippen molar-refractivity contribution in [2.45, 2.75) is 26.7 Å². The number of ether oxygens (including phenoxy) is 2. The van der Waals surface area contributed by atoms with Crippen LogP contribution < -0.4 is 14.8 Å². The molecular formula is C15H25NO2. The quantitative estimate of drug-likeness (QED) is 0.770. The maximum Gasteiger partial charge on any atom is 0.161 e. The fourth-order valence-corrected chi connectivity index (χ4v) is 1.96. The van der Waals surface area contributed by atoms with Crippen LogP contribution in [0.5, 0.6) is 11.5 Å². The number of hydrogen-bond acceptors (Lipinski definition) is 3. The molecule has 1 unspecified atom stereocenters. The summed E-state index contributed by atoms with van der Waals surface area (Å²) in [7, 11) is 3.66. The Bertz CT molecular complexity index is 354. The lowest BCUT2D eigenvalue weighted by Gasteiger charge is -2.28. The molecule has 0 spiro atoms. The number of methoxy groups -OCH3 is 1. The minimum absolute atomic E-state index is 0.288. The average Bonchev–Trinajstić information content (AvgIpc) is 2.39. The Morgan fingerprint density at radius 3 is 2.44 bits per heavy atom. The molecule has 1 aromatic carbocycles. The molecule has 0 aliphatic rings. The summed E-state index contributed by atoms with van der Waals surface area (Å²) in [4.78, 5) is 0. The Kier molecular flexibility index (Phi) is 5.99. The molecule has 1 aromatic rings. The summed E-state index contributed by atoms with van der Waals surface area (Å²) in [6.07, 6.45) is 2.17. The largest absolute Gasteiger partial charge is 0.493 e. The van der Waals surface area contributed by atoms with Gasteiger partial charge in [-0.3, -0.25) is 0 Å². The van der Waals surface area contributed by atoms with Crippen molar-refractivity contribution in [2.24, 2.45) is 5.41 Å². The molecule has 1 atom stereocenters. The van der Waals surface area contributed by atoms with Crippen LogP contribution in [-0.2, 0) is 0 Å². The van der Waals surface area contributed by atoms with E-state index in [0.717, 1.165) is 30.9 Å². The third kappa shape index (κ3) is 4.22. The van der Waals surface area contributed by atoms with E-state index in [-0.39, 0.29) is 5.41 Å². The predicted octanol–water partition coefficient (Wildman–Crippen LogP) is 3.10. The molecule has 3 heteroatoms. The molecule has 0 aliphatic heterocycles. The van der Waals surface area contributed by atoms with E-state index in [1.165, 1.54) is 0 Å². The van der Waals surface area contributed by atoms with Crippen molar-refractivity contribution in [2.75, 3.05) is 27.3 Å². The van der Waals surface area contributed by atoms with Crippen molar-refractivity contribution in [1.29, 1.82) is 0 Å². The van der Waals surface area contributed by atoms with Crippen LogP contribution in [0.15, 0.2) is 24.3 Å². The molecule has 0 saturated carbocycles. The smallest absolute Gasteiger partial charge is 0.161 e. The maximum absolute atomic E-state index is 5.82. The molecule has 0 saturated heterocycles. The van der Waals surface area contributed by atoms with Gasteiger partial charge in [0, 0.05) is 6.54 Å². The first-order valence-electron chi connectivity index (χ1n) is 6.55. The average molecular weight is 251 g/mol. The lowest BCUT2D eigenvalue weighted by Crippen LogP contribution is -2.30. The summed E-state index contributed by atoms with van der Waals surface area (Å²) < 4.78 is 11.1. The summed E-state index contributed by atoms with van der Waals surface area (Å²) in [6.45, 7) is 6.24. The summed E-state index contributed by atoms with van der Waals surface area (Å²) in [5.74, 6) is 1.62. The van der Waals surface area contributed by atoms with E-state index in [0.29, 0.717) is 6.61 Å². The normalized spacial score (nSPS) is 14.0. The van der Waals surface area contributed by atoms with Gasteiger partial charge in [0.2, 0.25) is 0 Å². The van der Waals surface area contributed by atoms with Crippen molar-refractivity contribution in [3.8, 4) is 11.5 Å². The third-order valence-corrected chi connectivity index (χ3v) is 3.49. The van der Waals surface area contributed by atoms with Gasteiger partial charge in [-0.2, -0.15) is 0 Å². The van der Waals surface area contributed by atoms with Crippen LogP contribution in [-0.4, -0.2) is 27.3 Å². The molecule has 0 bridgehead atoms. The summed E-state index contributed by atoms with van der Waals surface area (Å²) in [6, 6.07) is 7.77. The van der Waals surface area contributed by atoms with E-state index in [1.807, 2.05) is 31.3 Å². The van der Waals surface area contributed by atoms with Crippen molar-refractivity contribution in [3.05, 3.63) is 24.3 Å². The zero-order valence-corrected chi connectivity index (χ0v) is 12.0. The molecule has 0 aliphatic carbocycles. The second-order valence-electron chi connectivity index (χ2n) is 4.94. The number of hydrogen-bond donors (Lipinski definition) is 1. The van der Waals surface area contributed by atoms with E-state index < -0.39 is 0 Å². The van der Waals surface area contributed by atoms with Crippen molar-refractivity contribution < 1.29 is 9.47 Å². The first-order valence-corrected chi connectivity index (χ1v) is 6.55. The van der Waals surface area contributed by atoms with E-state index >= 15 is 0 Å². The summed E-state index contributed by atoms with van der Waals surface area (Å²) in [5, 5.41) is 3.25. The predicted molar refractivity (Wildman–Crippen MR) is 75.4 cm³/mol. The van der Waals surface area contributed by atoms with Gasteiger partial charge in [-0.1, -0.05) is 26.0 Å². The van der Waals surface area contributed by atoms with Crippen LogP contribution in [0.4, 0.5) is 0 Å². The molecule has 0 amide bonds. The standard InChI is InChI=1S/C15H25NO2/c1-5-15(2,12-16-3)10-11-18-14-9-7-6-8-13(14)17-4/h6-9,16H,5,10-12H2,1-4H3. The van der Waals surface area contributed by atoms with Gasteiger partial charge in [-0.15, -0.1) is 0 Å². The Balaban J connectivity index is 2.50. The first-order chi connectivity index (χ1) is 8.65. The highest BCUT2D eigenvalue weighted by Gasteiger charge is 2.21.